The van der Waals surface area contributed by atoms with Crippen LogP contribution >= 0.6 is 11.6 Å². The number of amides is 2. The summed E-state index contributed by atoms with van der Waals surface area (Å²) in [6, 6.07) is 22.8. The molecule has 1 aliphatic heterocycles. The molecule has 6 nitrogen and oxygen atoms in total. The van der Waals surface area contributed by atoms with Gasteiger partial charge in [-0.1, -0.05) is 48.0 Å². The third kappa shape index (κ3) is 4.98. The Morgan fingerprint density at radius 1 is 1.00 bits per heavy atom. The minimum Gasteiger partial charge on any atom is -0.354 e. The van der Waals surface area contributed by atoms with Crippen molar-refractivity contribution in [3.8, 4) is 0 Å². The van der Waals surface area contributed by atoms with Crippen molar-refractivity contribution in [1.82, 2.24) is 4.90 Å². The second-order valence-corrected chi connectivity index (χ2v) is 8.74. The van der Waals surface area contributed by atoms with E-state index in [2.05, 4.69) is 10.6 Å². The molecule has 0 radical (unpaired) electrons. The van der Waals surface area contributed by atoms with Gasteiger partial charge in [0.25, 0.3) is 5.91 Å². The fourth-order valence-electron chi connectivity index (χ4n) is 4.00. The number of anilines is 3. The summed E-state index contributed by atoms with van der Waals surface area (Å²) in [5.74, 6) is -0.148. The molecule has 0 aromatic heterocycles. The minimum atomic E-state index is -0.188. The molecule has 0 saturated heterocycles. The summed E-state index contributed by atoms with van der Waals surface area (Å²) in [5.41, 5.74) is 5.26. The van der Waals surface area contributed by atoms with E-state index in [1.165, 1.54) is 0 Å². The van der Waals surface area contributed by atoms with Gasteiger partial charge < -0.3 is 20.4 Å². The van der Waals surface area contributed by atoms with E-state index in [0.717, 1.165) is 22.5 Å². The Hall–Kier alpha value is -3.61. The molecule has 2 amide bonds. The van der Waals surface area contributed by atoms with E-state index < -0.39 is 0 Å². The van der Waals surface area contributed by atoms with Crippen LogP contribution in [-0.2, 0) is 9.59 Å². The maximum Gasteiger partial charge on any atom is 0.258 e. The maximum atomic E-state index is 13.0. The predicted octanol–water partition coefficient (Wildman–Crippen LogP) is 5.19. The quantitative estimate of drug-likeness (QED) is 0.463. The topological polar surface area (TPSA) is 64.7 Å². The SMILES string of the molecule is CCN(C(=O)CN(C)C)c1ccc(NC(=C2C(=O)Nc3cc(Cl)ccc32)c2ccccc2)cc1. The van der Waals surface area contributed by atoms with Gasteiger partial charge in [0, 0.05) is 28.5 Å². The minimum absolute atomic E-state index is 0.0400. The highest BCUT2D eigenvalue weighted by Crippen LogP contribution is 2.38. The summed E-state index contributed by atoms with van der Waals surface area (Å²) in [4.78, 5) is 29.2. The van der Waals surface area contributed by atoms with Crippen LogP contribution in [0.4, 0.5) is 17.1 Å². The van der Waals surface area contributed by atoms with Crippen LogP contribution < -0.4 is 15.5 Å². The maximum absolute atomic E-state index is 13.0. The summed E-state index contributed by atoms with van der Waals surface area (Å²) in [6.07, 6.45) is 0. The second-order valence-electron chi connectivity index (χ2n) is 8.31. The zero-order chi connectivity index (χ0) is 24.2. The van der Waals surface area contributed by atoms with E-state index in [9.17, 15) is 9.59 Å². The molecule has 0 spiro atoms. The molecule has 0 bridgehead atoms. The van der Waals surface area contributed by atoms with E-state index in [4.69, 9.17) is 11.6 Å². The summed E-state index contributed by atoms with van der Waals surface area (Å²) in [5, 5.41) is 6.92. The first-order chi connectivity index (χ1) is 16.4. The van der Waals surface area contributed by atoms with Crippen LogP contribution in [0, 0.1) is 0 Å². The van der Waals surface area contributed by atoms with E-state index in [1.54, 1.807) is 17.0 Å². The van der Waals surface area contributed by atoms with Gasteiger partial charge in [-0.2, -0.15) is 0 Å². The lowest BCUT2D eigenvalue weighted by atomic mass is 10.00. The smallest absolute Gasteiger partial charge is 0.258 e. The lowest BCUT2D eigenvalue weighted by Gasteiger charge is -2.23. The Labute approximate surface area is 204 Å². The Balaban J connectivity index is 1.70. The zero-order valence-electron chi connectivity index (χ0n) is 19.4. The van der Waals surface area contributed by atoms with E-state index in [0.29, 0.717) is 35.1 Å². The molecule has 3 aromatic rings. The van der Waals surface area contributed by atoms with Crippen LogP contribution in [0.3, 0.4) is 0 Å². The van der Waals surface area contributed by atoms with Crippen LogP contribution in [0.25, 0.3) is 11.3 Å². The highest BCUT2D eigenvalue weighted by Gasteiger charge is 2.28. The molecule has 3 aromatic carbocycles. The molecule has 174 valence electrons. The lowest BCUT2D eigenvalue weighted by molar-refractivity contribution is -0.119. The summed E-state index contributed by atoms with van der Waals surface area (Å²) >= 11 is 6.13. The number of nitrogens with one attached hydrogen (secondary N) is 2. The molecule has 0 saturated carbocycles. The fraction of sp³-hybridized carbons (Fsp3) is 0.185. The van der Waals surface area contributed by atoms with Crippen LogP contribution in [-0.4, -0.2) is 43.9 Å². The Morgan fingerprint density at radius 3 is 2.35 bits per heavy atom. The first kappa shape index (κ1) is 23.5. The molecule has 0 atom stereocenters. The standard InChI is InChI=1S/C27H27ClN4O2/c1-4-32(24(33)17-31(2)3)21-13-11-20(12-14-21)29-26(18-8-6-5-7-9-18)25-22-15-10-19(28)16-23(22)30-27(25)34/h5-16,29H,4,17H2,1-3H3,(H,30,34). The van der Waals surface area contributed by atoms with Gasteiger partial charge >= 0.3 is 0 Å². The van der Waals surface area contributed by atoms with Crippen molar-refractivity contribution < 1.29 is 9.59 Å². The number of halogens is 1. The molecule has 7 heteroatoms. The molecule has 4 rings (SSSR count). The molecule has 0 fully saturated rings. The van der Waals surface area contributed by atoms with Crippen LogP contribution in [0.15, 0.2) is 72.8 Å². The monoisotopic (exact) mass is 474 g/mol. The van der Waals surface area contributed by atoms with Crippen molar-refractivity contribution >= 4 is 51.7 Å². The number of carbonyl (C=O) groups excluding carboxylic acids is 2. The Kier molecular flexibility index (Phi) is 7.01. The fourth-order valence-corrected chi connectivity index (χ4v) is 4.18. The number of likely N-dealkylation sites (N-methyl/N-ethyl adjacent to an activating group) is 2. The summed E-state index contributed by atoms with van der Waals surface area (Å²) in [6.45, 7) is 2.88. The van der Waals surface area contributed by atoms with Crippen LogP contribution in [0.1, 0.15) is 18.1 Å². The van der Waals surface area contributed by atoms with Crippen molar-refractivity contribution in [2.24, 2.45) is 0 Å². The van der Waals surface area contributed by atoms with Crippen LogP contribution in [0.2, 0.25) is 5.02 Å². The van der Waals surface area contributed by atoms with Gasteiger partial charge in [0.1, 0.15) is 0 Å². The highest BCUT2D eigenvalue weighted by atomic mass is 35.5. The van der Waals surface area contributed by atoms with Gasteiger partial charge in [-0.25, -0.2) is 0 Å². The molecule has 34 heavy (non-hydrogen) atoms. The third-order valence-electron chi connectivity index (χ3n) is 5.56. The highest BCUT2D eigenvalue weighted by molar-refractivity contribution is 6.38. The third-order valence-corrected chi connectivity index (χ3v) is 5.79. The van der Waals surface area contributed by atoms with Crippen molar-refractivity contribution in [2.75, 3.05) is 42.7 Å². The zero-order valence-corrected chi connectivity index (χ0v) is 20.2. The van der Waals surface area contributed by atoms with Crippen LogP contribution in [0.5, 0.6) is 0 Å². The average molecular weight is 475 g/mol. The average Bonchev–Trinajstić information content (AvgIpc) is 3.13. The van der Waals surface area contributed by atoms with Gasteiger partial charge in [0.15, 0.2) is 0 Å². The van der Waals surface area contributed by atoms with E-state index in [-0.39, 0.29) is 11.8 Å². The summed E-state index contributed by atoms with van der Waals surface area (Å²) < 4.78 is 0. The molecule has 1 heterocycles. The first-order valence-corrected chi connectivity index (χ1v) is 11.5. The number of hydrogen-bond acceptors (Lipinski definition) is 4. The molecule has 0 unspecified atom stereocenters. The van der Waals surface area contributed by atoms with E-state index in [1.807, 2.05) is 86.6 Å². The van der Waals surface area contributed by atoms with Gasteiger partial charge in [-0.05, 0) is 63.0 Å². The molecule has 0 aliphatic carbocycles. The van der Waals surface area contributed by atoms with E-state index >= 15 is 0 Å². The second kappa shape index (κ2) is 10.1. The Bertz CT molecular complexity index is 1240. The Morgan fingerprint density at radius 2 is 1.71 bits per heavy atom. The van der Waals surface area contributed by atoms with Gasteiger partial charge in [0.05, 0.1) is 23.5 Å². The van der Waals surface area contributed by atoms with Crippen molar-refractivity contribution in [3.63, 3.8) is 0 Å². The van der Waals surface area contributed by atoms with Crippen molar-refractivity contribution in [2.45, 2.75) is 6.92 Å². The number of hydrogen-bond donors (Lipinski definition) is 2. The molecular weight excluding hydrogens is 448 g/mol. The number of carbonyl (C=O) groups is 2. The van der Waals surface area contributed by atoms with Gasteiger partial charge in [-0.3, -0.25) is 9.59 Å². The number of nitrogens with zero attached hydrogens (tertiary/aromatic N) is 2. The van der Waals surface area contributed by atoms with Crippen molar-refractivity contribution in [1.29, 1.82) is 0 Å². The van der Waals surface area contributed by atoms with Gasteiger partial charge in [-0.15, -0.1) is 0 Å². The number of benzene rings is 3. The van der Waals surface area contributed by atoms with Gasteiger partial charge in [0.2, 0.25) is 5.91 Å². The molecular formula is C27H27ClN4O2. The molecule has 1 aliphatic rings. The largest absolute Gasteiger partial charge is 0.354 e. The lowest BCUT2D eigenvalue weighted by Crippen LogP contribution is -2.37. The summed E-state index contributed by atoms with van der Waals surface area (Å²) in [7, 11) is 3.76. The first-order valence-electron chi connectivity index (χ1n) is 11.1. The normalized spacial score (nSPS) is 14.0. The predicted molar refractivity (Wildman–Crippen MR) is 140 cm³/mol. The van der Waals surface area contributed by atoms with Crippen molar-refractivity contribution in [3.05, 3.63) is 88.9 Å². The number of fused-ring (bicyclic) bond motifs is 1. The number of rotatable bonds is 7. The molecule has 2 N–H and O–H groups in total.